The van der Waals surface area contributed by atoms with Crippen molar-refractivity contribution in [2.24, 2.45) is 5.92 Å². The van der Waals surface area contributed by atoms with Crippen molar-refractivity contribution in [1.29, 1.82) is 0 Å². The second kappa shape index (κ2) is 5.84. The summed E-state index contributed by atoms with van der Waals surface area (Å²) in [5.41, 5.74) is 0. The first-order valence-corrected chi connectivity index (χ1v) is 5.80. The van der Waals surface area contributed by atoms with E-state index in [0.717, 1.165) is 26.1 Å². The highest BCUT2D eigenvalue weighted by atomic mass is 35.5. The van der Waals surface area contributed by atoms with Gasteiger partial charge in [-0.15, -0.1) is 12.4 Å². The molecule has 4 nitrogen and oxygen atoms in total. The average Bonchev–Trinajstić information content (AvgIpc) is 2.45. The molecule has 2 unspecified atom stereocenters. The summed E-state index contributed by atoms with van der Waals surface area (Å²) in [5, 5.41) is 3.12. The summed E-state index contributed by atoms with van der Waals surface area (Å²) in [7, 11) is 0. The van der Waals surface area contributed by atoms with Crippen molar-refractivity contribution in [2.45, 2.75) is 32.4 Å². The maximum absolute atomic E-state index is 11.8. The van der Waals surface area contributed by atoms with Crippen LogP contribution in [0, 0.1) is 5.92 Å². The molecule has 2 fully saturated rings. The fourth-order valence-corrected chi connectivity index (χ4v) is 2.10. The van der Waals surface area contributed by atoms with Crippen molar-refractivity contribution in [3.8, 4) is 0 Å². The van der Waals surface area contributed by atoms with E-state index in [-0.39, 0.29) is 31.0 Å². The van der Waals surface area contributed by atoms with Crippen molar-refractivity contribution >= 4 is 18.3 Å². The third-order valence-corrected chi connectivity index (χ3v) is 3.65. The van der Waals surface area contributed by atoms with Gasteiger partial charge in [-0.2, -0.15) is 0 Å². The molecule has 0 aromatic rings. The number of carbonyl (C=O) groups is 1. The Labute approximate surface area is 103 Å². The number of nitrogens with one attached hydrogen (secondary N) is 1. The zero-order valence-corrected chi connectivity index (χ0v) is 10.8. The SMILES string of the molecule is CC1CCN(C(=O)COC2CNC2)C1C.Cl. The van der Waals surface area contributed by atoms with Crippen molar-refractivity contribution < 1.29 is 9.53 Å². The third-order valence-electron chi connectivity index (χ3n) is 3.65. The molecule has 2 aliphatic rings. The molecule has 0 saturated carbocycles. The molecule has 2 aliphatic heterocycles. The predicted molar refractivity (Wildman–Crippen MR) is 64.8 cm³/mol. The molecular formula is C11H21ClN2O2. The molecule has 0 bridgehead atoms. The molecule has 1 amide bonds. The van der Waals surface area contributed by atoms with Gasteiger partial charge >= 0.3 is 0 Å². The summed E-state index contributed by atoms with van der Waals surface area (Å²) in [6.45, 7) is 7.25. The Morgan fingerprint density at radius 2 is 2.12 bits per heavy atom. The number of rotatable bonds is 3. The summed E-state index contributed by atoms with van der Waals surface area (Å²) in [6.07, 6.45) is 1.38. The van der Waals surface area contributed by atoms with Crippen LogP contribution >= 0.6 is 12.4 Å². The second-order valence-electron chi connectivity index (χ2n) is 4.68. The summed E-state index contributed by atoms with van der Waals surface area (Å²) >= 11 is 0. The highest BCUT2D eigenvalue weighted by molar-refractivity contribution is 5.85. The Morgan fingerprint density at radius 3 is 2.56 bits per heavy atom. The summed E-state index contributed by atoms with van der Waals surface area (Å²) in [4.78, 5) is 13.8. The number of likely N-dealkylation sites (tertiary alicyclic amines) is 1. The molecule has 2 rings (SSSR count). The first kappa shape index (κ1) is 13.7. The van der Waals surface area contributed by atoms with Gasteiger partial charge in [-0.1, -0.05) is 6.92 Å². The van der Waals surface area contributed by atoms with Crippen LogP contribution in [0.3, 0.4) is 0 Å². The van der Waals surface area contributed by atoms with E-state index in [1.807, 2.05) is 4.90 Å². The van der Waals surface area contributed by atoms with Crippen LogP contribution < -0.4 is 5.32 Å². The van der Waals surface area contributed by atoms with Gasteiger partial charge in [0.2, 0.25) is 5.91 Å². The maximum Gasteiger partial charge on any atom is 0.248 e. The molecule has 2 heterocycles. The van der Waals surface area contributed by atoms with Crippen LogP contribution in [0.1, 0.15) is 20.3 Å². The van der Waals surface area contributed by atoms with E-state index >= 15 is 0 Å². The fraction of sp³-hybridized carbons (Fsp3) is 0.909. The predicted octanol–water partition coefficient (Wildman–Crippen LogP) is 0.653. The summed E-state index contributed by atoms with van der Waals surface area (Å²) in [5.74, 6) is 0.776. The Hall–Kier alpha value is -0.320. The second-order valence-corrected chi connectivity index (χ2v) is 4.68. The van der Waals surface area contributed by atoms with Gasteiger partial charge in [-0.3, -0.25) is 4.79 Å². The van der Waals surface area contributed by atoms with Crippen LogP contribution in [-0.2, 0) is 9.53 Å². The number of ether oxygens (including phenoxy) is 1. The molecule has 2 atom stereocenters. The maximum atomic E-state index is 11.8. The topological polar surface area (TPSA) is 41.6 Å². The van der Waals surface area contributed by atoms with Gasteiger partial charge in [0.25, 0.3) is 0 Å². The third kappa shape index (κ3) is 2.87. The highest BCUT2D eigenvalue weighted by Crippen LogP contribution is 2.23. The van der Waals surface area contributed by atoms with Gasteiger partial charge in [0.15, 0.2) is 0 Å². The average molecular weight is 249 g/mol. The molecule has 0 aliphatic carbocycles. The van der Waals surface area contributed by atoms with E-state index in [0.29, 0.717) is 12.0 Å². The Kier molecular flexibility index (Phi) is 5.02. The van der Waals surface area contributed by atoms with E-state index < -0.39 is 0 Å². The number of hydrogen-bond donors (Lipinski definition) is 1. The highest BCUT2D eigenvalue weighted by Gasteiger charge is 2.31. The van der Waals surface area contributed by atoms with Gasteiger partial charge in [0.05, 0.1) is 6.10 Å². The molecule has 1 N–H and O–H groups in total. The summed E-state index contributed by atoms with van der Waals surface area (Å²) < 4.78 is 5.48. The van der Waals surface area contributed by atoms with Gasteiger partial charge in [-0.05, 0) is 19.3 Å². The molecule has 0 radical (unpaired) electrons. The first-order chi connectivity index (χ1) is 7.18. The van der Waals surface area contributed by atoms with E-state index in [4.69, 9.17) is 4.74 Å². The van der Waals surface area contributed by atoms with Gasteiger partial charge < -0.3 is 15.0 Å². The number of amides is 1. The van der Waals surface area contributed by atoms with E-state index in [1.54, 1.807) is 0 Å². The Bertz CT molecular complexity index is 246. The lowest BCUT2D eigenvalue weighted by Gasteiger charge is -2.29. The lowest BCUT2D eigenvalue weighted by atomic mass is 10.1. The molecule has 5 heteroatoms. The van der Waals surface area contributed by atoms with Crippen LogP contribution in [0.2, 0.25) is 0 Å². The van der Waals surface area contributed by atoms with Crippen LogP contribution in [0.25, 0.3) is 0 Å². The standard InChI is InChI=1S/C11H20N2O2.ClH/c1-8-3-4-13(9(8)2)11(14)7-15-10-5-12-6-10;/h8-10,12H,3-7H2,1-2H3;1H. The van der Waals surface area contributed by atoms with E-state index in [2.05, 4.69) is 19.2 Å². The van der Waals surface area contributed by atoms with E-state index in [1.165, 1.54) is 0 Å². The molecule has 0 spiro atoms. The van der Waals surface area contributed by atoms with E-state index in [9.17, 15) is 4.79 Å². The Balaban J connectivity index is 0.00000128. The normalized spacial score (nSPS) is 29.8. The molecule has 94 valence electrons. The molecule has 16 heavy (non-hydrogen) atoms. The number of hydrogen-bond acceptors (Lipinski definition) is 3. The van der Waals surface area contributed by atoms with Crippen molar-refractivity contribution in [2.75, 3.05) is 26.2 Å². The number of nitrogens with zero attached hydrogens (tertiary/aromatic N) is 1. The molecule has 0 aromatic carbocycles. The Morgan fingerprint density at radius 1 is 1.44 bits per heavy atom. The lowest BCUT2D eigenvalue weighted by molar-refractivity contribution is -0.140. The van der Waals surface area contributed by atoms with Crippen LogP contribution in [0.4, 0.5) is 0 Å². The van der Waals surface area contributed by atoms with Crippen LogP contribution in [-0.4, -0.2) is 49.2 Å². The smallest absolute Gasteiger partial charge is 0.248 e. The largest absolute Gasteiger partial charge is 0.366 e. The van der Waals surface area contributed by atoms with Gasteiger partial charge in [0.1, 0.15) is 6.61 Å². The molecule has 2 saturated heterocycles. The fourth-order valence-electron chi connectivity index (χ4n) is 2.10. The zero-order chi connectivity index (χ0) is 10.8. The van der Waals surface area contributed by atoms with Gasteiger partial charge in [-0.25, -0.2) is 0 Å². The first-order valence-electron chi connectivity index (χ1n) is 5.80. The number of halogens is 1. The lowest BCUT2D eigenvalue weighted by Crippen LogP contribution is -2.50. The quantitative estimate of drug-likeness (QED) is 0.798. The molecular weight excluding hydrogens is 228 g/mol. The zero-order valence-electron chi connectivity index (χ0n) is 9.94. The van der Waals surface area contributed by atoms with Crippen LogP contribution in [0.15, 0.2) is 0 Å². The summed E-state index contributed by atoms with van der Waals surface area (Å²) in [6, 6.07) is 0.376. The minimum Gasteiger partial charge on any atom is -0.366 e. The van der Waals surface area contributed by atoms with Crippen molar-refractivity contribution in [1.82, 2.24) is 10.2 Å². The number of carbonyl (C=O) groups excluding carboxylic acids is 1. The van der Waals surface area contributed by atoms with Gasteiger partial charge in [0, 0.05) is 25.7 Å². The molecule has 0 aromatic heterocycles. The van der Waals surface area contributed by atoms with Crippen molar-refractivity contribution in [3.05, 3.63) is 0 Å². The minimum atomic E-state index is 0. The minimum absolute atomic E-state index is 0. The monoisotopic (exact) mass is 248 g/mol. The van der Waals surface area contributed by atoms with Crippen molar-refractivity contribution in [3.63, 3.8) is 0 Å². The van der Waals surface area contributed by atoms with Crippen LogP contribution in [0.5, 0.6) is 0 Å².